The van der Waals surface area contributed by atoms with Gasteiger partial charge >= 0.3 is 0 Å². The molecule has 2 heterocycles. The van der Waals surface area contributed by atoms with Gasteiger partial charge in [-0.05, 0) is 18.1 Å². The Morgan fingerprint density at radius 1 is 1.21 bits per heavy atom. The molecule has 0 saturated carbocycles. The van der Waals surface area contributed by atoms with Crippen molar-refractivity contribution in [2.75, 3.05) is 0 Å². The molecule has 0 amide bonds. The summed E-state index contributed by atoms with van der Waals surface area (Å²) in [5.74, 6) is 0. The second-order valence-corrected chi connectivity index (χ2v) is 4.87. The first-order valence-electron chi connectivity index (χ1n) is 6.38. The van der Waals surface area contributed by atoms with E-state index in [-0.39, 0.29) is 0 Å². The maximum absolute atomic E-state index is 6.10. The Hall–Kier alpha value is -1.87. The largest absolute Gasteiger partial charge is 0.234 e. The van der Waals surface area contributed by atoms with Crippen molar-refractivity contribution in [3.05, 3.63) is 53.3 Å². The number of hydrogen-bond donors (Lipinski definition) is 0. The minimum atomic E-state index is 0.537. The molecule has 0 radical (unpaired) electrons. The number of rotatable bonds is 3. The van der Waals surface area contributed by atoms with Crippen molar-refractivity contribution >= 4 is 17.2 Å². The van der Waals surface area contributed by atoms with Gasteiger partial charge in [0.2, 0.25) is 0 Å². The number of aromatic nitrogens is 3. The van der Waals surface area contributed by atoms with Crippen LogP contribution >= 0.6 is 11.6 Å². The quantitative estimate of drug-likeness (QED) is 0.721. The second-order valence-electron chi connectivity index (χ2n) is 4.49. The molecular weight excluding hydrogens is 258 g/mol. The summed E-state index contributed by atoms with van der Waals surface area (Å²) in [6.45, 7) is 2.16. The first kappa shape index (κ1) is 12.2. The van der Waals surface area contributed by atoms with E-state index in [1.807, 2.05) is 18.2 Å². The molecule has 96 valence electrons. The summed E-state index contributed by atoms with van der Waals surface area (Å²) in [5.41, 5.74) is 4.10. The maximum Gasteiger partial charge on any atom is 0.155 e. The van der Waals surface area contributed by atoms with Crippen LogP contribution in [-0.2, 0) is 6.42 Å². The summed E-state index contributed by atoms with van der Waals surface area (Å²) in [7, 11) is 0. The van der Waals surface area contributed by atoms with Gasteiger partial charge in [-0.15, -0.1) is 0 Å². The van der Waals surface area contributed by atoms with Crippen molar-refractivity contribution in [2.45, 2.75) is 19.8 Å². The zero-order valence-corrected chi connectivity index (χ0v) is 11.4. The van der Waals surface area contributed by atoms with Crippen molar-refractivity contribution in [1.82, 2.24) is 14.6 Å². The highest BCUT2D eigenvalue weighted by molar-refractivity contribution is 6.29. The lowest BCUT2D eigenvalue weighted by Gasteiger charge is -2.09. The zero-order chi connectivity index (χ0) is 13.2. The van der Waals surface area contributed by atoms with Crippen LogP contribution < -0.4 is 0 Å². The van der Waals surface area contributed by atoms with E-state index in [2.05, 4.69) is 35.2 Å². The highest BCUT2D eigenvalue weighted by Crippen LogP contribution is 2.24. The number of nitrogens with zero attached hydrogens (tertiary/aromatic N) is 3. The first-order chi connectivity index (χ1) is 9.29. The van der Waals surface area contributed by atoms with Gasteiger partial charge in [0, 0.05) is 5.56 Å². The molecular formula is C15H14ClN3. The molecule has 0 aliphatic rings. The lowest BCUT2D eigenvalue weighted by atomic mass is 10.0. The molecule has 0 spiro atoms. The van der Waals surface area contributed by atoms with Crippen molar-refractivity contribution in [3.8, 4) is 11.3 Å². The standard InChI is InChI=1S/C15H14ClN3/c1-2-6-12-9-14-17-10-13(16)19(14)18-15(12)11-7-4-3-5-8-11/h3-5,7-10H,2,6H2,1H3. The van der Waals surface area contributed by atoms with Gasteiger partial charge in [0.25, 0.3) is 0 Å². The van der Waals surface area contributed by atoms with E-state index < -0.39 is 0 Å². The van der Waals surface area contributed by atoms with E-state index in [1.54, 1.807) is 10.7 Å². The third-order valence-corrected chi connectivity index (χ3v) is 3.35. The molecule has 2 aromatic heterocycles. The monoisotopic (exact) mass is 271 g/mol. The fourth-order valence-corrected chi connectivity index (χ4v) is 2.40. The summed E-state index contributed by atoms with van der Waals surface area (Å²) < 4.78 is 1.68. The fourth-order valence-electron chi connectivity index (χ4n) is 2.22. The Kier molecular flexibility index (Phi) is 3.22. The molecule has 3 rings (SSSR count). The minimum absolute atomic E-state index is 0.537. The molecule has 1 aromatic carbocycles. The number of fused-ring (bicyclic) bond motifs is 1. The van der Waals surface area contributed by atoms with E-state index in [0.717, 1.165) is 29.7 Å². The number of aryl methyl sites for hydroxylation is 1. The van der Waals surface area contributed by atoms with Crippen LogP contribution in [0, 0.1) is 0 Å². The Balaban J connectivity index is 2.25. The Bertz CT molecular complexity index is 704. The molecule has 0 aliphatic carbocycles. The fraction of sp³-hybridized carbons (Fsp3) is 0.200. The number of halogens is 1. The molecule has 0 unspecified atom stereocenters. The van der Waals surface area contributed by atoms with Crippen LogP contribution in [0.25, 0.3) is 16.9 Å². The SMILES string of the molecule is CCCc1cc2ncc(Cl)n2nc1-c1ccccc1. The van der Waals surface area contributed by atoms with E-state index in [0.29, 0.717) is 5.15 Å². The van der Waals surface area contributed by atoms with Crippen LogP contribution in [0.15, 0.2) is 42.6 Å². The molecule has 0 N–H and O–H groups in total. The lowest BCUT2D eigenvalue weighted by Crippen LogP contribution is -2.00. The topological polar surface area (TPSA) is 30.2 Å². The van der Waals surface area contributed by atoms with E-state index in [4.69, 9.17) is 11.6 Å². The molecule has 0 bridgehead atoms. The predicted octanol–water partition coefficient (Wildman–Crippen LogP) is 4.00. The maximum atomic E-state index is 6.10. The van der Waals surface area contributed by atoms with Gasteiger partial charge in [-0.2, -0.15) is 5.10 Å². The molecule has 0 fully saturated rings. The minimum Gasteiger partial charge on any atom is -0.234 e. The van der Waals surface area contributed by atoms with Gasteiger partial charge in [0.1, 0.15) is 0 Å². The van der Waals surface area contributed by atoms with Gasteiger partial charge in [-0.1, -0.05) is 55.3 Å². The van der Waals surface area contributed by atoms with Crippen molar-refractivity contribution in [3.63, 3.8) is 0 Å². The zero-order valence-electron chi connectivity index (χ0n) is 10.7. The molecule has 0 aliphatic heterocycles. The Labute approximate surface area is 116 Å². The third-order valence-electron chi connectivity index (χ3n) is 3.10. The first-order valence-corrected chi connectivity index (χ1v) is 6.76. The molecule has 3 nitrogen and oxygen atoms in total. The average Bonchev–Trinajstić information content (AvgIpc) is 2.80. The highest BCUT2D eigenvalue weighted by Gasteiger charge is 2.11. The lowest BCUT2D eigenvalue weighted by molar-refractivity contribution is 0.877. The van der Waals surface area contributed by atoms with Gasteiger partial charge < -0.3 is 0 Å². The van der Waals surface area contributed by atoms with Crippen LogP contribution in [0.2, 0.25) is 5.15 Å². The second kappa shape index (κ2) is 5.02. The molecule has 4 heteroatoms. The van der Waals surface area contributed by atoms with Gasteiger partial charge in [0.15, 0.2) is 10.8 Å². The number of hydrogen-bond acceptors (Lipinski definition) is 2. The Morgan fingerprint density at radius 2 is 2.00 bits per heavy atom. The van der Waals surface area contributed by atoms with E-state index >= 15 is 0 Å². The summed E-state index contributed by atoms with van der Waals surface area (Å²) in [6.07, 6.45) is 3.69. The normalized spacial score (nSPS) is 11.1. The Morgan fingerprint density at radius 3 is 2.74 bits per heavy atom. The summed E-state index contributed by atoms with van der Waals surface area (Å²) in [5, 5.41) is 5.18. The summed E-state index contributed by atoms with van der Waals surface area (Å²) in [4.78, 5) is 4.26. The smallest absolute Gasteiger partial charge is 0.155 e. The van der Waals surface area contributed by atoms with Crippen LogP contribution in [0.1, 0.15) is 18.9 Å². The van der Waals surface area contributed by atoms with Crippen LogP contribution in [0.4, 0.5) is 0 Å². The van der Waals surface area contributed by atoms with Crippen molar-refractivity contribution in [2.24, 2.45) is 0 Å². The molecule has 0 atom stereocenters. The molecule has 3 aromatic rings. The van der Waals surface area contributed by atoms with Crippen LogP contribution in [0.3, 0.4) is 0 Å². The number of benzene rings is 1. The number of imidazole rings is 1. The van der Waals surface area contributed by atoms with Crippen molar-refractivity contribution in [1.29, 1.82) is 0 Å². The molecule has 0 saturated heterocycles. The van der Waals surface area contributed by atoms with Gasteiger partial charge in [0.05, 0.1) is 11.9 Å². The van der Waals surface area contributed by atoms with Crippen LogP contribution in [0.5, 0.6) is 0 Å². The third kappa shape index (κ3) is 2.22. The summed E-state index contributed by atoms with van der Waals surface area (Å²) in [6, 6.07) is 12.3. The van der Waals surface area contributed by atoms with Gasteiger partial charge in [-0.25, -0.2) is 9.50 Å². The molecule has 19 heavy (non-hydrogen) atoms. The highest BCUT2D eigenvalue weighted by atomic mass is 35.5. The van der Waals surface area contributed by atoms with Gasteiger partial charge in [-0.3, -0.25) is 0 Å². The van der Waals surface area contributed by atoms with E-state index in [1.165, 1.54) is 5.56 Å². The summed E-state index contributed by atoms with van der Waals surface area (Å²) >= 11 is 6.10. The van der Waals surface area contributed by atoms with Crippen molar-refractivity contribution < 1.29 is 0 Å². The predicted molar refractivity (Wildman–Crippen MR) is 77.4 cm³/mol. The van der Waals surface area contributed by atoms with Crippen LogP contribution in [-0.4, -0.2) is 14.6 Å². The average molecular weight is 272 g/mol. The van der Waals surface area contributed by atoms with E-state index in [9.17, 15) is 0 Å².